The predicted octanol–water partition coefficient (Wildman–Crippen LogP) is 2.90. The molecule has 2 aromatic heterocycles. The fourth-order valence-electron chi connectivity index (χ4n) is 3.93. The lowest BCUT2D eigenvalue weighted by molar-refractivity contribution is 0.214. The number of benzene rings is 2. The molecule has 0 aliphatic rings. The van der Waals surface area contributed by atoms with E-state index in [9.17, 15) is 9.90 Å². The molecule has 0 bridgehead atoms. The van der Waals surface area contributed by atoms with E-state index in [0.29, 0.717) is 18.0 Å². The largest absolute Gasteiger partial charge is 0.496 e. The Morgan fingerprint density at radius 3 is 2.72 bits per heavy atom. The van der Waals surface area contributed by atoms with E-state index in [1.807, 2.05) is 72.5 Å². The molecule has 4 N–H and O–H groups in total. The molecule has 0 saturated carbocycles. The zero-order chi connectivity index (χ0) is 22.5. The summed E-state index contributed by atoms with van der Waals surface area (Å²) in [4.78, 5) is 20.6. The van der Waals surface area contributed by atoms with E-state index < -0.39 is 18.1 Å². The lowest BCUT2D eigenvalue weighted by atomic mass is 10.0. The van der Waals surface area contributed by atoms with E-state index >= 15 is 0 Å². The van der Waals surface area contributed by atoms with E-state index in [1.54, 1.807) is 13.3 Å². The number of aromatic nitrogens is 3. The van der Waals surface area contributed by atoms with Crippen molar-refractivity contribution in [3.63, 3.8) is 0 Å². The molecule has 0 radical (unpaired) electrons. The molecule has 2 aromatic carbocycles. The SMILES string of the molecule is COc1ccccc1C(NC(=O)NC(CO)Cc1c[nH]c2ccccc12)c1nccn1C. The maximum absolute atomic E-state index is 13.0. The number of aryl methyl sites for hydroxylation is 1. The molecule has 0 fully saturated rings. The molecule has 0 aliphatic heterocycles. The molecule has 8 heteroatoms. The van der Waals surface area contributed by atoms with Gasteiger partial charge in [-0.2, -0.15) is 0 Å². The van der Waals surface area contributed by atoms with Crippen molar-refractivity contribution >= 4 is 16.9 Å². The van der Waals surface area contributed by atoms with Crippen molar-refractivity contribution < 1.29 is 14.6 Å². The van der Waals surface area contributed by atoms with Gasteiger partial charge in [-0.25, -0.2) is 9.78 Å². The summed E-state index contributed by atoms with van der Waals surface area (Å²) < 4.78 is 7.36. The van der Waals surface area contributed by atoms with Crippen LogP contribution < -0.4 is 15.4 Å². The highest BCUT2D eigenvalue weighted by molar-refractivity contribution is 5.83. The molecule has 4 aromatic rings. The van der Waals surface area contributed by atoms with Gasteiger partial charge in [0.2, 0.25) is 0 Å². The molecule has 8 nitrogen and oxygen atoms in total. The van der Waals surface area contributed by atoms with Crippen LogP contribution in [0.3, 0.4) is 0 Å². The third kappa shape index (κ3) is 4.45. The second-order valence-electron chi connectivity index (χ2n) is 7.63. The van der Waals surface area contributed by atoms with Gasteiger partial charge in [0, 0.05) is 42.1 Å². The quantitative estimate of drug-likeness (QED) is 0.343. The number of hydrogen-bond acceptors (Lipinski definition) is 4. The molecule has 4 rings (SSSR count). The minimum absolute atomic E-state index is 0.186. The second-order valence-corrected chi connectivity index (χ2v) is 7.63. The van der Waals surface area contributed by atoms with E-state index in [1.165, 1.54) is 0 Å². The van der Waals surface area contributed by atoms with E-state index in [2.05, 4.69) is 20.6 Å². The van der Waals surface area contributed by atoms with Crippen molar-refractivity contribution in [3.05, 3.63) is 84.1 Å². The van der Waals surface area contributed by atoms with Crippen LogP contribution in [0.2, 0.25) is 0 Å². The molecule has 32 heavy (non-hydrogen) atoms. The highest BCUT2D eigenvalue weighted by atomic mass is 16.5. The van der Waals surface area contributed by atoms with Crippen molar-refractivity contribution in [2.24, 2.45) is 7.05 Å². The molecule has 166 valence electrons. The Morgan fingerprint density at radius 1 is 1.19 bits per heavy atom. The number of fused-ring (bicyclic) bond motifs is 1. The van der Waals surface area contributed by atoms with Crippen molar-refractivity contribution in [1.82, 2.24) is 25.2 Å². The van der Waals surface area contributed by atoms with Gasteiger partial charge in [0.1, 0.15) is 17.6 Å². The van der Waals surface area contributed by atoms with Crippen LogP contribution in [0.1, 0.15) is 23.0 Å². The van der Waals surface area contributed by atoms with Crippen LogP contribution in [0.25, 0.3) is 10.9 Å². The standard InChI is InChI=1S/C24H27N5O3/c1-29-12-11-25-23(29)22(19-8-4-6-10-21(19)32-2)28-24(31)27-17(15-30)13-16-14-26-20-9-5-3-7-18(16)20/h3-12,14,17,22,26,30H,13,15H2,1-2H3,(H2,27,28,31). The first-order valence-corrected chi connectivity index (χ1v) is 10.4. The Morgan fingerprint density at radius 2 is 1.97 bits per heavy atom. The van der Waals surface area contributed by atoms with Crippen molar-refractivity contribution in [3.8, 4) is 5.75 Å². The van der Waals surface area contributed by atoms with E-state index in [0.717, 1.165) is 22.0 Å². The number of carbonyl (C=O) groups is 1. The van der Waals surface area contributed by atoms with Crippen molar-refractivity contribution in [1.29, 1.82) is 0 Å². The Kier molecular flexibility index (Phi) is 6.42. The molecule has 2 heterocycles. The molecule has 2 unspecified atom stereocenters. The van der Waals surface area contributed by atoms with Gasteiger partial charge in [0.15, 0.2) is 0 Å². The number of imidazole rings is 1. The monoisotopic (exact) mass is 433 g/mol. The summed E-state index contributed by atoms with van der Waals surface area (Å²) in [7, 11) is 3.47. The number of nitrogens with zero attached hydrogens (tertiary/aromatic N) is 2. The zero-order valence-electron chi connectivity index (χ0n) is 18.1. The Labute approximate surface area is 186 Å². The highest BCUT2D eigenvalue weighted by Gasteiger charge is 2.25. The second kappa shape index (κ2) is 9.57. The Bertz CT molecular complexity index is 1200. The van der Waals surface area contributed by atoms with Crippen LogP contribution in [0.4, 0.5) is 4.79 Å². The fraction of sp³-hybridized carbons (Fsp3) is 0.250. The maximum Gasteiger partial charge on any atom is 0.315 e. The van der Waals surface area contributed by atoms with Gasteiger partial charge in [-0.15, -0.1) is 0 Å². The number of carbonyl (C=O) groups excluding carboxylic acids is 1. The third-order valence-electron chi connectivity index (χ3n) is 5.54. The van der Waals surface area contributed by atoms with Gasteiger partial charge in [-0.1, -0.05) is 36.4 Å². The number of para-hydroxylation sites is 2. The number of hydrogen-bond donors (Lipinski definition) is 4. The summed E-state index contributed by atoms with van der Waals surface area (Å²) in [6, 6.07) is 14.1. The van der Waals surface area contributed by atoms with Gasteiger partial charge in [0.25, 0.3) is 0 Å². The molecule has 0 saturated heterocycles. The first-order valence-electron chi connectivity index (χ1n) is 10.4. The van der Waals surface area contributed by atoms with Crippen molar-refractivity contribution in [2.45, 2.75) is 18.5 Å². The smallest absolute Gasteiger partial charge is 0.315 e. The summed E-state index contributed by atoms with van der Waals surface area (Å²) in [5, 5.41) is 16.9. The number of amides is 2. The van der Waals surface area contributed by atoms with Crippen LogP contribution >= 0.6 is 0 Å². The van der Waals surface area contributed by atoms with Gasteiger partial charge in [0.05, 0.1) is 19.8 Å². The number of rotatable bonds is 8. The van der Waals surface area contributed by atoms with Crippen LogP contribution in [-0.2, 0) is 13.5 Å². The molecule has 2 amide bonds. The topological polar surface area (TPSA) is 104 Å². The number of aliphatic hydroxyl groups is 1. The number of urea groups is 1. The predicted molar refractivity (Wildman–Crippen MR) is 123 cm³/mol. The number of methoxy groups -OCH3 is 1. The number of H-pyrrole nitrogens is 1. The minimum Gasteiger partial charge on any atom is -0.496 e. The highest BCUT2D eigenvalue weighted by Crippen LogP contribution is 2.29. The summed E-state index contributed by atoms with van der Waals surface area (Å²) in [5.41, 5.74) is 2.84. The number of ether oxygens (including phenoxy) is 1. The minimum atomic E-state index is -0.529. The zero-order valence-corrected chi connectivity index (χ0v) is 18.1. The van der Waals surface area contributed by atoms with Crippen LogP contribution in [0, 0.1) is 0 Å². The number of nitrogens with one attached hydrogen (secondary N) is 3. The lowest BCUT2D eigenvalue weighted by Crippen LogP contribution is -2.46. The summed E-state index contributed by atoms with van der Waals surface area (Å²) in [6.45, 7) is -0.186. The number of aromatic amines is 1. The summed E-state index contributed by atoms with van der Waals surface area (Å²) in [6.07, 6.45) is 5.92. The average Bonchev–Trinajstić information content (AvgIpc) is 3.43. The van der Waals surface area contributed by atoms with Crippen LogP contribution in [-0.4, -0.2) is 45.4 Å². The molecule has 0 spiro atoms. The normalized spacial score (nSPS) is 13.0. The van der Waals surface area contributed by atoms with Crippen molar-refractivity contribution in [2.75, 3.05) is 13.7 Å². The Hall–Kier alpha value is -3.78. The maximum atomic E-state index is 13.0. The number of aliphatic hydroxyl groups excluding tert-OH is 1. The summed E-state index contributed by atoms with van der Waals surface area (Å²) >= 11 is 0. The first-order chi connectivity index (χ1) is 15.6. The van der Waals surface area contributed by atoms with Gasteiger partial charge < -0.3 is 30.0 Å². The van der Waals surface area contributed by atoms with E-state index in [-0.39, 0.29) is 6.61 Å². The first kappa shape index (κ1) is 21.5. The molecular weight excluding hydrogens is 406 g/mol. The van der Waals surface area contributed by atoms with Gasteiger partial charge >= 0.3 is 6.03 Å². The molecular formula is C24H27N5O3. The Balaban J connectivity index is 1.53. The third-order valence-corrected chi connectivity index (χ3v) is 5.54. The summed E-state index contributed by atoms with van der Waals surface area (Å²) in [5.74, 6) is 1.32. The lowest BCUT2D eigenvalue weighted by Gasteiger charge is -2.23. The molecule has 0 aliphatic carbocycles. The molecule has 2 atom stereocenters. The van der Waals surface area contributed by atoms with Crippen LogP contribution in [0.15, 0.2) is 67.1 Å². The van der Waals surface area contributed by atoms with Gasteiger partial charge in [-0.3, -0.25) is 0 Å². The fourth-order valence-corrected chi connectivity index (χ4v) is 3.93. The van der Waals surface area contributed by atoms with E-state index in [4.69, 9.17) is 4.74 Å². The van der Waals surface area contributed by atoms with Gasteiger partial charge in [-0.05, 0) is 24.1 Å². The van der Waals surface area contributed by atoms with Crippen LogP contribution in [0.5, 0.6) is 5.75 Å². The average molecular weight is 434 g/mol.